The highest BCUT2D eigenvalue weighted by Gasteiger charge is 2.29. The molecule has 1 unspecified atom stereocenters. The number of anilines is 1. The zero-order valence-electron chi connectivity index (χ0n) is 13.0. The van der Waals surface area contributed by atoms with E-state index in [-0.39, 0.29) is 6.04 Å². The zero-order chi connectivity index (χ0) is 15.3. The molecule has 5 heteroatoms. The lowest BCUT2D eigenvalue weighted by Crippen LogP contribution is -2.38. The van der Waals surface area contributed by atoms with E-state index in [4.69, 9.17) is 9.57 Å². The first-order chi connectivity index (χ1) is 9.94. The van der Waals surface area contributed by atoms with Crippen molar-refractivity contribution in [1.82, 2.24) is 5.06 Å². The van der Waals surface area contributed by atoms with Gasteiger partial charge in [-0.15, -0.1) is 5.06 Å². The lowest BCUT2D eigenvalue weighted by molar-refractivity contribution is -0.148. The highest BCUT2D eigenvalue weighted by Crippen LogP contribution is 2.20. The quantitative estimate of drug-likeness (QED) is 0.862. The molecule has 2 rings (SSSR count). The summed E-state index contributed by atoms with van der Waals surface area (Å²) in [7, 11) is 0. The van der Waals surface area contributed by atoms with Gasteiger partial charge in [0.15, 0.2) is 0 Å². The number of benzene rings is 1. The molecule has 0 amide bonds. The molecule has 1 aromatic carbocycles. The first-order valence-electron chi connectivity index (χ1n) is 7.40. The van der Waals surface area contributed by atoms with E-state index in [2.05, 4.69) is 5.32 Å². The van der Waals surface area contributed by atoms with Crippen LogP contribution >= 0.6 is 0 Å². The topological polar surface area (TPSA) is 50.8 Å². The summed E-state index contributed by atoms with van der Waals surface area (Å²) in [6.07, 6.45) is 1.39. The molecule has 1 saturated heterocycles. The Bertz CT molecular complexity index is 456. The predicted molar refractivity (Wildman–Crippen MR) is 82.0 cm³/mol. The third kappa shape index (κ3) is 5.27. The first-order valence-corrected chi connectivity index (χ1v) is 7.40. The molecule has 1 aromatic rings. The van der Waals surface area contributed by atoms with Crippen LogP contribution in [0.15, 0.2) is 30.3 Å². The maximum atomic E-state index is 11.7. The van der Waals surface area contributed by atoms with Crippen molar-refractivity contribution in [3.63, 3.8) is 0 Å². The number of hydrogen-bond donors (Lipinski definition) is 1. The molecule has 0 saturated carbocycles. The molecule has 0 aliphatic carbocycles. The van der Waals surface area contributed by atoms with Gasteiger partial charge in [0.25, 0.3) is 0 Å². The second-order valence-corrected chi connectivity index (χ2v) is 6.24. The number of hydroxylamine groups is 2. The number of rotatable bonds is 4. The third-order valence-electron chi connectivity index (χ3n) is 3.22. The minimum absolute atomic E-state index is 0.178. The lowest BCUT2D eigenvalue weighted by Gasteiger charge is -2.25. The van der Waals surface area contributed by atoms with Crippen molar-refractivity contribution in [3.8, 4) is 0 Å². The van der Waals surface area contributed by atoms with Gasteiger partial charge in [-0.2, -0.15) is 0 Å². The summed E-state index contributed by atoms with van der Waals surface area (Å²) >= 11 is 0. The standard InChI is InChI=1S/C16H24N2O3/c1-16(2,3)20-15(19)21-18-11-7-10-14(18)12-17-13-8-5-4-6-9-13/h4-6,8-9,14,17H,7,10-12H2,1-3H3. The van der Waals surface area contributed by atoms with Gasteiger partial charge in [0.2, 0.25) is 0 Å². The van der Waals surface area contributed by atoms with Crippen LogP contribution in [0.5, 0.6) is 0 Å². The van der Waals surface area contributed by atoms with Crippen molar-refractivity contribution in [1.29, 1.82) is 0 Å². The molecular formula is C16H24N2O3. The van der Waals surface area contributed by atoms with Crippen LogP contribution in [-0.4, -0.2) is 36.0 Å². The Morgan fingerprint density at radius 1 is 1.33 bits per heavy atom. The lowest BCUT2D eigenvalue weighted by atomic mass is 10.2. The van der Waals surface area contributed by atoms with Crippen molar-refractivity contribution in [3.05, 3.63) is 30.3 Å². The van der Waals surface area contributed by atoms with E-state index in [0.29, 0.717) is 0 Å². The van der Waals surface area contributed by atoms with Crippen LogP contribution in [0.4, 0.5) is 10.5 Å². The van der Waals surface area contributed by atoms with Gasteiger partial charge in [0.05, 0.1) is 6.04 Å². The van der Waals surface area contributed by atoms with Crippen LogP contribution in [0.1, 0.15) is 33.6 Å². The number of hydrogen-bond acceptors (Lipinski definition) is 5. The van der Waals surface area contributed by atoms with E-state index in [9.17, 15) is 4.79 Å². The van der Waals surface area contributed by atoms with E-state index >= 15 is 0 Å². The number of carbonyl (C=O) groups excluding carboxylic acids is 1. The highest BCUT2D eigenvalue weighted by molar-refractivity contribution is 5.60. The average molecular weight is 292 g/mol. The molecule has 1 N–H and O–H groups in total. The first kappa shape index (κ1) is 15.6. The molecular weight excluding hydrogens is 268 g/mol. The summed E-state index contributed by atoms with van der Waals surface area (Å²) in [5, 5.41) is 5.09. The van der Waals surface area contributed by atoms with Gasteiger partial charge < -0.3 is 14.9 Å². The molecule has 21 heavy (non-hydrogen) atoms. The second kappa shape index (κ2) is 6.80. The second-order valence-electron chi connectivity index (χ2n) is 6.24. The normalized spacial score (nSPS) is 19.3. The Morgan fingerprint density at radius 2 is 2.05 bits per heavy atom. The van der Waals surface area contributed by atoms with Gasteiger partial charge in [-0.1, -0.05) is 18.2 Å². The number of carbonyl (C=O) groups is 1. The Labute approximate surface area is 126 Å². The molecule has 1 fully saturated rings. The summed E-state index contributed by atoms with van der Waals surface area (Å²) in [6.45, 7) is 6.97. The number of nitrogens with zero attached hydrogens (tertiary/aromatic N) is 1. The van der Waals surface area contributed by atoms with Crippen molar-refractivity contribution in [2.24, 2.45) is 0 Å². The van der Waals surface area contributed by atoms with Gasteiger partial charge in [0, 0.05) is 18.8 Å². The molecule has 0 radical (unpaired) electrons. The molecule has 1 aliphatic rings. The smallest absolute Gasteiger partial charge is 0.427 e. The Kier molecular flexibility index (Phi) is 5.07. The van der Waals surface area contributed by atoms with E-state index in [1.165, 1.54) is 0 Å². The fourth-order valence-electron chi connectivity index (χ4n) is 2.29. The summed E-state index contributed by atoms with van der Waals surface area (Å²) < 4.78 is 5.19. The SMILES string of the molecule is CC(C)(C)OC(=O)ON1CCCC1CNc1ccccc1. The zero-order valence-corrected chi connectivity index (χ0v) is 13.0. The summed E-state index contributed by atoms with van der Waals surface area (Å²) in [5.41, 5.74) is 0.538. The van der Waals surface area contributed by atoms with Gasteiger partial charge in [0.1, 0.15) is 5.60 Å². The minimum Gasteiger partial charge on any atom is -0.427 e. The fourth-order valence-corrected chi connectivity index (χ4v) is 2.29. The van der Waals surface area contributed by atoms with E-state index in [1.807, 2.05) is 51.1 Å². The summed E-state index contributed by atoms with van der Waals surface area (Å²) in [5.74, 6) is 0. The molecule has 5 nitrogen and oxygen atoms in total. The molecule has 0 spiro atoms. The van der Waals surface area contributed by atoms with Crippen molar-refractivity contribution in [2.75, 3.05) is 18.4 Å². The molecule has 1 heterocycles. The highest BCUT2D eigenvalue weighted by atomic mass is 16.8. The van der Waals surface area contributed by atoms with Crippen molar-refractivity contribution >= 4 is 11.8 Å². The van der Waals surface area contributed by atoms with Crippen molar-refractivity contribution in [2.45, 2.75) is 45.3 Å². The number of ether oxygens (including phenoxy) is 1. The van der Waals surface area contributed by atoms with Gasteiger partial charge in [-0.05, 0) is 45.7 Å². The predicted octanol–water partition coefficient (Wildman–Crippen LogP) is 3.43. The van der Waals surface area contributed by atoms with Gasteiger partial charge in [-0.25, -0.2) is 4.79 Å². The van der Waals surface area contributed by atoms with Crippen LogP contribution in [-0.2, 0) is 9.57 Å². The van der Waals surface area contributed by atoms with Crippen LogP contribution in [0, 0.1) is 0 Å². The molecule has 1 atom stereocenters. The number of nitrogens with one attached hydrogen (secondary N) is 1. The number of para-hydroxylation sites is 1. The maximum absolute atomic E-state index is 11.7. The minimum atomic E-state index is -0.630. The fraction of sp³-hybridized carbons (Fsp3) is 0.562. The maximum Gasteiger partial charge on any atom is 0.528 e. The molecule has 1 aliphatic heterocycles. The molecule has 0 aromatic heterocycles. The molecule has 0 bridgehead atoms. The third-order valence-corrected chi connectivity index (χ3v) is 3.22. The van der Waals surface area contributed by atoms with Crippen LogP contribution in [0.2, 0.25) is 0 Å². The van der Waals surface area contributed by atoms with Crippen molar-refractivity contribution < 1.29 is 14.4 Å². The molecule has 116 valence electrons. The summed E-state index contributed by atoms with van der Waals surface area (Å²) in [6, 6.07) is 10.2. The monoisotopic (exact) mass is 292 g/mol. The average Bonchev–Trinajstić information content (AvgIpc) is 2.82. The van der Waals surface area contributed by atoms with E-state index < -0.39 is 11.8 Å². The summed E-state index contributed by atoms with van der Waals surface area (Å²) in [4.78, 5) is 17.0. The Balaban J connectivity index is 1.81. The van der Waals surface area contributed by atoms with Crippen LogP contribution in [0.25, 0.3) is 0 Å². The van der Waals surface area contributed by atoms with Crippen LogP contribution in [0.3, 0.4) is 0 Å². The van der Waals surface area contributed by atoms with E-state index in [1.54, 1.807) is 5.06 Å². The largest absolute Gasteiger partial charge is 0.528 e. The Morgan fingerprint density at radius 3 is 2.71 bits per heavy atom. The Hall–Kier alpha value is -1.75. The van der Waals surface area contributed by atoms with Gasteiger partial charge in [-0.3, -0.25) is 0 Å². The van der Waals surface area contributed by atoms with Crippen LogP contribution < -0.4 is 5.32 Å². The van der Waals surface area contributed by atoms with Gasteiger partial charge >= 0.3 is 6.16 Å². The van der Waals surface area contributed by atoms with E-state index in [0.717, 1.165) is 31.6 Å².